The summed E-state index contributed by atoms with van der Waals surface area (Å²) in [6, 6.07) is 0. The van der Waals surface area contributed by atoms with Crippen molar-refractivity contribution in [3.8, 4) is 0 Å². The number of carbonyl (C=O) groups excluding carboxylic acids is 1. The Hall–Kier alpha value is 0.590. The first-order chi connectivity index (χ1) is 5.66. The molecule has 0 saturated heterocycles. The summed E-state index contributed by atoms with van der Waals surface area (Å²) >= 11 is 9.96. The number of rotatable bonds is 3. The van der Waals surface area contributed by atoms with Crippen molar-refractivity contribution >= 4 is 53.6 Å². The maximum atomic E-state index is 11.4. The monoisotopic (exact) mass is 356 g/mol. The van der Waals surface area contributed by atoms with E-state index in [0.717, 1.165) is 14.3 Å². The highest BCUT2D eigenvalue weighted by molar-refractivity contribution is 9.14. The summed E-state index contributed by atoms with van der Waals surface area (Å²) in [4.78, 5) is 11.4. The Morgan fingerprint density at radius 3 is 2.58 bits per heavy atom. The van der Waals surface area contributed by atoms with Crippen molar-refractivity contribution in [1.29, 1.82) is 0 Å². The number of Topliss-reactive ketones (excluding diaryl/α,β-unsaturated/α-hetero) is 1. The molecule has 1 rings (SSSR count). The van der Waals surface area contributed by atoms with E-state index in [1.807, 2.05) is 12.2 Å². The van der Waals surface area contributed by atoms with Gasteiger partial charge in [-0.1, -0.05) is 44.0 Å². The molecule has 66 valence electrons. The number of alkyl halides is 1. The molecule has 0 fully saturated rings. The van der Waals surface area contributed by atoms with Crippen molar-refractivity contribution in [1.82, 2.24) is 0 Å². The Bertz CT molecular complexity index is 255. The molecule has 1 aliphatic rings. The molecular weight excluding hydrogens is 352 g/mol. The van der Waals surface area contributed by atoms with Crippen LogP contribution in [0, 0.1) is 5.92 Å². The van der Waals surface area contributed by atoms with Gasteiger partial charge in [0, 0.05) is 20.7 Å². The number of carbonyl (C=O) groups is 1. The lowest BCUT2D eigenvalue weighted by molar-refractivity contribution is -0.119. The molecule has 0 N–H and O–H groups in total. The van der Waals surface area contributed by atoms with Crippen molar-refractivity contribution in [2.45, 2.75) is 6.42 Å². The summed E-state index contributed by atoms with van der Waals surface area (Å²) in [6.45, 7) is 0. The molecule has 4 heteroatoms. The molecular formula is C8H7Br3O. The van der Waals surface area contributed by atoms with E-state index in [0.29, 0.717) is 6.42 Å². The molecule has 1 unspecified atom stereocenters. The van der Waals surface area contributed by atoms with Crippen LogP contribution in [-0.4, -0.2) is 11.1 Å². The standard InChI is InChI=1S/C8H7Br3O/c9-4-3-7(12)5-1-2-6(10)8(5)11/h1-2,5H,3-4H2. The van der Waals surface area contributed by atoms with Crippen LogP contribution in [0.4, 0.5) is 0 Å². The Morgan fingerprint density at radius 1 is 1.50 bits per heavy atom. The van der Waals surface area contributed by atoms with E-state index in [-0.39, 0.29) is 11.7 Å². The summed E-state index contributed by atoms with van der Waals surface area (Å²) in [6.07, 6.45) is 4.38. The highest BCUT2D eigenvalue weighted by atomic mass is 79.9. The van der Waals surface area contributed by atoms with Gasteiger partial charge in [-0.2, -0.15) is 0 Å². The van der Waals surface area contributed by atoms with Crippen LogP contribution in [-0.2, 0) is 4.79 Å². The molecule has 0 heterocycles. The zero-order chi connectivity index (χ0) is 9.14. The van der Waals surface area contributed by atoms with Crippen molar-refractivity contribution < 1.29 is 4.79 Å². The Balaban J connectivity index is 2.67. The first kappa shape index (κ1) is 10.7. The fraction of sp³-hybridized carbons (Fsp3) is 0.375. The lowest BCUT2D eigenvalue weighted by Crippen LogP contribution is -2.10. The zero-order valence-electron chi connectivity index (χ0n) is 6.19. The van der Waals surface area contributed by atoms with E-state index in [2.05, 4.69) is 47.8 Å². The summed E-state index contributed by atoms with van der Waals surface area (Å²) in [7, 11) is 0. The van der Waals surface area contributed by atoms with Crippen LogP contribution in [0.1, 0.15) is 6.42 Å². The van der Waals surface area contributed by atoms with E-state index in [9.17, 15) is 4.79 Å². The van der Waals surface area contributed by atoms with Gasteiger partial charge in [-0.05, 0) is 15.9 Å². The first-order valence-corrected chi connectivity index (χ1v) is 6.19. The van der Waals surface area contributed by atoms with Crippen LogP contribution in [0.3, 0.4) is 0 Å². The largest absolute Gasteiger partial charge is 0.299 e. The topological polar surface area (TPSA) is 17.1 Å². The van der Waals surface area contributed by atoms with Crippen molar-refractivity contribution in [3.63, 3.8) is 0 Å². The molecule has 1 aliphatic carbocycles. The normalized spacial score (nSPS) is 22.1. The van der Waals surface area contributed by atoms with Crippen LogP contribution in [0.15, 0.2) is 21.1 Å². The number of hydrogen-bond donors (Lipinski definition) is 0. The van der Waals surface area contributed by atoms with Gasteiger partial charge in [-0.15, -0.1) is 0 Å². The third kappa shape index (κ3) is 2.30. The molecule has 0 aliphatic heterocycles. The predicted molar refractivity (Wildman–Crippen MR) is 60.9 cm³/mol. The van der Waals surface area contributed by atoms with Gasteiger partial charge in [0.25, 0.3) is 0 Å². The minimum absolute atomic E-state index is 0.0723. The number of allylic oxidation sites excluding steroid dienone is 4. The van der Waals surface area contributed by atoms with Gasteiger partial charge < -0.3 is 0 Å². The highest BCUT2D eigenvalue weighted by Crippen LogP contribution is 2.34. The van der Waals surface area contributed by atoms with Crippen molar-refractivity contribution in [2.75, 3.05) is 5.33 Å². The predicted octanol–water partition coefficient (Wildman–Crippen LogP) is 3.53. The van der Waals surface area contributed by atoms with Crippen molar-refractivity contribution in [3.05, 3.63) is 21.1 Å². The highest BCUT2D eigenvalue weighted by Gasteiger charge is 2.23. The average molecular weight is 359 g/mol. The van der Waals surface area contributed by atoms with Gasteiger partial charge in [0.2, 0.25) is 0 Å². The van der Waals surface area contributed by atoms with E-state index >= 15 is 0 Å². The van der Waals surface area contributed by atoms with Crippen LogP contribution in [0.25, 0.3) is 0 Å². The van der Waals surface area contributed by atoms with Crippen LogP contribution in [0.2, 0.25) is 0 Å². The lowest BCUT2D eigenvalue weighted by atomic mass is 10.1. The summed E-state index contributed by atoms with van der Waals surface area (Å²) in [5.74, 6) is 0.168. The lowest BCUT2D eigenvalue weighted by Gasteiger charge is -2.05. The maximum absolute atomic E-state index is 11.4. The number of halogens is 3. The molecule has 0 radical (unpaired) electrons. The maximum Gasteiger partial charge on any atom is 0.145 e. The van der Waals surface area contributed by atoms with Crippen LogP contribution >= 0.6 is 47.8 Å². The van der Waals surface area contributed by atoms with Gasteiger partial charge in [-0.3, -0.25) is 4.79 Å². The molecule has 12 heavy (non-hydrogen) atoms. The van der Waals surface area contributed by atoms with Crippen LogP contribution < -0.4 is 0 Å². The quantitative estimate of drug-likeness (QED) is 0.705. The molecule has 0 amide bonds. The second-order valence-corrected chi connectivity index (χ2v) is 4.94. The fourth-order valence-electron chi connectivity index (χ4n) is 0.991. The van der Waals surface area contributed by atoms with Crippen LogP contribution in [0.5, 0.6) is 0 Å². The third-order valence-corrected chi connectivity index (χ3v) is 4.16. The smallest absolute Gasteiger partial charge is 0.145 e. The number of hydrogen-bond acceptors (Lipinski definition) is 1. The third-order valence-electron chi connectivity index (χ3n) is 1.62. The van der Waals surface area contributed by atoms with E-state index in [1.165, 1.54) is 0 Å². The van der Waals surface area contributed by atoms with E-state index in [4.69, 9.17) is 0 Å². The summed E-state index contributed by atoms with van der Waals surface area (Å²) < 4.78 is 1.91. The Morgan fingerprint density at radius 2 is 2.17 bits per heavy atom. The molecule has 1 nitrogen and oxygen atoms in total. The number of ketones is 1. The average Bonchev–Trinajstić information content (AvgIpc) is 2.34. The zero-order valence-corrected chi connectivity index (χ0v) is 10.9. The van der Waals surface area contributed by atoms with E-state index in [1.54, 1.807) is 0 Å². The summed E-state index contributed by atoms with van der Waals surface area (Å²) in [5.41, 5.74) is 0. The minimum atomic E-state index is -0.0723. The second kappa shape index (κ2) is 4.72. The Kier molecular flexibility index (Phi) is 4.20. The molecule has 0 aromatic rings. The van der Waals surface area contributed by atoms with Gasteiger partial charge in [0.15, 0.2) is 0 Å². The second-order valence-electron chi connectivity index (χ2n) is 2.44. The molecule has 0 saturated carbocycles. The minimum Gasteiger partial charge on any atom is -0.299 e. The summed E-state index contributed by atoms with van der Waals surface area (Å²) in [5, 5.41) is 0.730. The van der Waals surface area contributed by atoms with Gasteiger partial charge >= 0.3 is 0 Å². The molecule has 0 bridgehead atoms. The van der Waals surface area contributed by atoms with E-state index < -0.39 is 0 Å². The molecule has 1 atom stereocenters. The van der Waals surface area contributed by atoms with Gasteiger partial charge in [-0.25, -0.2) is 0 Å². The SMILES string of the molecule is O=C(CCBr)C1C=CC(Br)=C1Br. The van der Waals surface area contributed by atoms with Gasteiger partial charge in [0.1, 0.15) is 5.78 Å². The first-order valence-electron chi connectivity index (χ1n) is 3.49. The van der Waals surface area contributed by atoms with Gasteiger partial charge in [0.05, 0.1) is 5.92 Å². The Labute approximate surface area is 96.7 Å². The molecule has 0 aromatic carbocycles. The fourth-order valence-corrected chi connectivity index (χ4v) is 2.32. The van der Waals surface area contributed by atoms with Crippen molar-refractivity contribution in [2.24, 2.45) is 5.92 Å². The molecule has 0 spiro atoms. The molecule has 0 aromatic heterocycles.